The van der Waals surface area contributed by atoms with Gasteiger partial charge in [0.05, 0.1) is 0 Å². The molecule has 0 aliphatic carbocycles. The van der Waals surface area contributed by atoms with Crippen LogP contribution in [0.5, 0.6) is 0 Å². The Bertz CT molecular complexity index is 526. The van der Waals surface area contributed by atoms with Gasteiger partial charge < -0.3 is 16.4 Å². The second-order valence-electron chi connectivity index (χ2n) is 4.86. The van der Waals surface area contributed by atoms with Crippen molar-refractivity contribution in [3.05, 3.63) is 29.8 Å². The molecule has 1 aromatic rings. The summed E-state index contributed by atoms with van der Waals surface area (Å²) in [5.74, 6) is -1.23. The van der Waals surface area contributed by atoms with Crippen LogP contribution in [0.25, 0.3) is 0 Å². The van der Waals surface area contributed by atoms with Crippen molar-refractivity contribution >= 4 is 23.4 Å². The average molecular weight is 277 g/mol. The third kappa shape index (κ3) is 4.38. The van der Waals surface area contributed by atoms with Crippen molar-refractivity contribution in [1.82, 2.24) is 5.32 Å². The van der Waals surface area contributed by atoms with Gasteiger partial charge in [0, 0.05) is 18.2 Å². The Morgan fingerprint density at radius 3 is 2.35 bits per heavy atom. The number of hydrogen-bond donors (Lipinski definition) is 3. The van der Waals surface area contributed by atoms with Gasteiger partial charge in [0.25, 0.3) is 0 Å². The van der Waals surface area contributed by atoms with Gasteiger partial charge in [0.1, 0.15) is 6.04 Å². The van der Waals surface area contributed by atoms with E-state index in [0.29, 0.717) is 11.3 Å². The lowest BCUT2D eigenvalue weighted by atomic mass is 10.0. The van der Waals surface area contributed by atoms with Crippen LogP contribution in [0.3, 0.4) is 0 Å². The number of carbonyl (C=O) groups excluding carboxylic acids is 3. The van der Waals surface area contributed by atoms with Crippen LogP contribution in [0.1, 0.15) is 31.1 Å². The van der Waals surface area contributed by atoms with Crippen molar-refractivity contribution in [1.29, 1.82) is 0 Å². The highest BCUT2D eigenvalue weighted by molar-refractivity contribution is 5.99. The maximum Gasteiger partial charge on any atom is 0.248 e. The van der Waals surface area contributed by atoms with Crippen LogP contribution in [0.4, 0.5) is 5.69 Å². The highest BCUT2D eigenvalue weighted by atomic mass is 16.2. The molecule has 1 rings (SSSR count). The highest BCUT2D eigenvalue weighted by Crippen LogP contribution is 2.12. The molecular weight excluding hydrogens is 258 g/mol. The predicted octanol–water partition coefficient (Wildman–Crippen LogP) is 0.885. The van der Waals surface area contributed by atoms with E-state index in [1.807, 2.05) is 13.8 Å². The average Bonchev–Trinajstić information content (AvgIpc) is 2.35. The number of amides is 3. The van der Waals surface area contributed by atoms with Gasteiger partial charge in [0.2, 0.25) is 17.7 Å². The van der Waals surface area contributed by atoms with E-state index in [-0.39, 0.29) is 17.7 Å². The summed E-state index contributed by atoms with van der Waals surface area (Å²) in [5, 5.41) is 5.26. The summed E-state index contributed by atoms with van der Waals surface area (Å²) >= 11 is 0. The molecule has 6 heteroatoms. The lowest BCUT2D eigenvalue weighted by Crippen LogP contribution is -2.46. The molecule has 1 atom stereocenters. The molecule has 0 saturated carbocycles. The van der Waals surface area contributed by atoms with Gasteiger partial charge in [-0.25, -0.2) is 0 Å². The fraction of sp³-hybridized carbons (Fsp3) is 0.357. The van der Waals surface area contributed by atoms with E-state index >= 15 is 0 Å². The minimum Gasteiger partial charge on any atom is -0.366 e. The molecule has 0 bridgehead atoms. The lowest BCUT2D eigenvalue weighted by molar-refractivity contribution is -0.126. The molecule has 0 fully saturated rings. The van der Waals surface area contributed by atoms with Gasteiger partial charge in [-0.05, 0) is 24.1 Å². The SMILES string of the molecule is CC(=O)NC(C(=O)Nc1cccc(C(N)=O)c1)C(C)C. The van der Waals surface area contributed by atoms with Crippen LogP contribution in [0.15, 0.2) is 24.3 Å². The zero-order valence-electron chi connectivity index (χ0n) is 11.8. The third-order valence-electron chi connectivity index (χ3n) is 2.72. The number of rotatable bonds is 5. The van der Waals surface area contributed by atoms with Crippen LogP contribution in [0.2, 0.25) is 0 Å². The summed E-state index contributed by atoms with van der Waals surface area (Å²) in [5.41, 5.74) is 5.95. The van der Waals surface area contributed by atoms with E-state index in [9.17, 15) is 14.4 Å². The van der Waals surface area contributed by atoms with E-state index in [4.69, 9.17) is 5.73 Å². The quantitative estimate of drug-likeness (QED) is 0.744. The highest BCUT2D eigenvalue weighted by Gasteiger charge is 2.23. The standard InChI is InChI=1S/C14H19N3O3/c1-8(2)12(16-9(3)18)14(20)17-11-6-4-5-10(7-11)13(15)19/h4-8,12H,1-3H3,(H2,15,19)(H,16,18)(H,17,20). The van der Waals surface area contributed by atoms with Gasteiger partial charge in [-0.3, -0.25) is 14.4 Å². The zero-order valence-corrected chi connectivity index (χ0v) is 11.8. The maximum atomic E-state index is 12.1. The monoisotopic (exact) mass is 277 g/mol. The minimum absolute atomic E-state index is 0.0572. The molecule has 3 amide bonds. The lowest BCUT2D eigenvalue weighted by Gasteiger charge is -2.21. The van der Waals surface area contributed by atoms with Gasteiger partial charge in [0.15, 0.2) is 0 Å². The first-order valence-electron chi connectivity index (χ1n) is 6.29. The first-order chi connectivity index (χ1) is 9.31. The zero-order chi connectivity index (χ0) is 15.3. The Morgan fingerprint density at radius 1 is 1.20 bits per heavy atom. The van der Waals surface area contributed by atoms with Crippen molar-refractivity contribution in [2.24, 2.45) is 11.7 Å². The van der Waals surface area contributed by atoms with Crippen molar-refractivity contribution in [3.8, 4) is 0 Å². The first-order valence-corrected chi connectivity index (χ1v) is 6.29. The molecule has 6 nitrogen and oxygen atoms in total. The molecule has 1 aromatic carbocycles. The molecule has 0 radical (unpaired) electrons. The summed E-state index contributed by atoms with van der Waals surface area (Å²) in [6, 6.07) is 5.69. The normalized spacial score (nSPS) is 11.8. The number of benzene rings is 1. The summed E-state index contributed by atoms with van der Waals surface area (Å²) in [6.45, 7) is 5.02. The van der Waals surface area contributed by atoms with Crippen LogP contribution >= 0.6 is 0 Å². The van der Waals surface area contributed by atoms with Gasteiger partial charge in [-0.15, -0.1) is 0 Å². The summed E-state index contributed by atoms with van der Waals surface area (Å²) in [6.07, 6.45) is 0. The maximum absolute atomic E-state index is 12.1. The molecule has 0 heterocycles. The number of nitrogens with one attached hydrogen (secondary N) is 2. The van der Waals surface area contributed by atoms with Gasteiger partial charge >= 0.3 is 0 Å². The molecule has 0 aliphatic heterocycles. The second-order valence-corrected chi connectivity index (χ2v) is 4.86. The number of primary amides is 1. The van der Waals surface area contributed by atoms with Gasteiger partial charge in [-0.2, -0.15) is 0 Å². The third-order valence-corrected chi connectivity index (χ3v) is 2.72. The Morgan fingerprint density at radius 2 is 1.85 bits per heavy atom. The Balaban J connectivity index is 2.85. The van der Waals surface area contributed by atoms with E-state index in [1.165, 1.54) is 13.0 Å². The number of hydrogen-bond acceptors (Lipinski definition) is 3. The molecule has 0 aliphatic rings. The molecule has 0 spiro atoms. The van der Waals surface area contributed by atoms with E-state index in [0.717, 1.165) is 0 Å². The fourth-order valence-corrected chi connectivity index (χ4v) is 1.72. The molecule has 108 valence electrons. The second kappa shape index (κ2) is 6.70. The van der Waals surface area contributed by atoms with E-state index < -0.39 is 11.9 Å². The van der Waals surface area contributed by atoms with Gasteiger partial charge in [-0.1, -0.05) is 19.9 Å². The Hall–Kier alpha value is -2.37. The number of carbonyl (C=O) groups is 3. The molecule has 0 saturated heterocycles. The van der Waals surface area contributed by atoms with E-state index in [1.54, 1.807) is 18.2 Å². The molecular formula is C14H19N3O3. The topological polar surface area (TPSA) is 101 Å². The molecule has 20 heavy (non-hydrogen) atoms. The van der Waals surface area contributed by atoms with E-state index in [2.05, 4.69) is 10.6 Å². The largest absolute Gasteiger partial charge is 0.366 e. The van der Waals surface area contributed by atoms with Crippen LogP contribution in [-0.2, 0) is 9.59 Å². The van der Waals surface area contributed by atoms with Crippen molar-refractivity contribution in [2.45, 2.75) is 26.8 Å². The Labute approximate surface area is 117 Å². The Kier molecular flexibility index (Phi) is 5.25. The minimum atomic E-state index is -0.635. The summed E-state index contributed by atoms with van der Waals surface area (Å²) in [4.78, 5) is 34.3. The summed E-state index contributed by atoms with van der Waals surface area (Å²) < 4.78 is 0. The first kappa shape index (κ1) is 15.7. The number of nitrogens with two attached hydrogens (primary N) is 1. The molecule has 4 N–H and O–H groups in total. The van der Waals surface area contributed by atoms with Crippen molar-refractivity contribution < 1.29 is 14.4 Å². The molecule has 0 aromatic heterocycles. The van der Waals surface area contributed by atoms with Crippen molar-refractivity contribution in [3.63, 3.8) is 0 Å². The fourth-order valence-electron chi connectivity index (χ4n) is 1.72. The molecule has 1 unspecified atom stereocenters. The predicted molar refractivity (Wildman–Crippen MR) is 76.0 cm³/mol. The number of anilines is 1. The summed E-state index contributed by atoms with van der Waals surface area (Å²) in [7, 11) is 0. The van der Waals surface area contributed by atoms with Crippen LogP contribution in [-0.4, -0.2) is 23.8 Å². The van der Waals surface area contributed by atoms with Crippen LogP contribution < -0.4 is 16.4 Å². The smallest absolute Gasteiger partial charge is 0.248 e. The van der Waals surface area contributed by atoms with Crippen LogP contribution in [0, 0.1) is 5.92 Å². The van der Waals surface area contributed by atoms with Crippen molar-refractivity contribution in [2.75, 3.05) is 5.32 Å².